The summed E-state index contributed by atoms with van der Waals surface area (Å²) in [5.74, 6) is 1.38. The second kappa shape index (κ2) is 11.0. The van der Waals surface area contributed by atoms with Crippen LogP contribution in [0, 0.1) is 6.92 Å². The molecule has 0 fully saturated rings. The van der Waals surface area contributed by atoms with Crippen LogP contribution in [0.1, 0.15) is 22.3 Å². The van der Waals surface area contributed by atoms with Crippen LogP contribution in [0.2, 0.25) is 0 Å². The van der Waals surface area contributed by atoms with Crippen molar-refractivity contribution in [2.75, 3.05) is 13.7 Å². The summed E-state index contributed by atoms with van der Waals surface area (Å²) in [6.07, 6.45) is 0.742. The van der Waals surface area contributed by atoms with Crippen molar-refractivity contribution >= 4 is 26.0 Å². The Hall–Kier alpha value is -2.39. The van der Waals surface area contributed by atoms with Gasteiger partial charge < -0.3 is 14.8 Å². The van der Waals surface area contributed by atoms with Gasteiger partial charge in [0, 0.05) is 16.6 Å². The molecule has 3 rings (SSSR count). The van der Waals surface area contributed by atoms with E-state index in [0.717, 1.165) is 27.6 Å². The molecular weight excluding hydrogens is 492 g/mol. The van der Waals surface area contributed by atoms with E-state index in [9.17, 15) is 8.42 Å². The molecule has 8 heteroatoms. The van der Waals surface area contributed by atoms with Gasteiger partial charge >= 0.3 is 0 Å². The highest BCUT2D eigenvalue weighted by Gasteiger charge is 2.15. The Morgan fingerprint density at radius 2 is 1.62 bits per heavy atom. The minimum atomic E-state index is -3.67. The zero-order chi connectivity index (χ0) is 23.1. The molecule has 0 saturated carbocycles. The zero-order valence-corrected chi connectivity index (χ0v) is 20.5. The van der Waals surface area contributed by atoms with Crippen LogP contribution in [0.4, 0.5) is 0 Å². The Bertz CT molecular complexity index is 1150. The van der Waals surface area contributed by atoms with E-state index in [0.29, 0.717) is 31.2 Å². The van der Waals surface area contributed by atoms with Crippen molar-refractivity contribution in [3.63, 3.8) is 0 Å². The van der Waals surface area contributed by atoms with Crippen LogP contribution < -0.4 is 19.9 Å². The van der Waals surface area contributed by atoms with E-state index in [1.807, 2.05) is 12.1 Å². The maximum absolute atomic E-state index is 11.4. The summed E-state index contributed by atoms with van der Waals surface area (Å²) in [5, 5.41) is 8.57. The molecule has 0 bridgehead atoms. The molecule has 0 saturated heterocycles. The summed E-state index contributed by atoms with van der Waals surface area (Å²) in [7, 11) is -2.04. The predicted molar refractivity (Wildman–Crippen MR) is 129 cm³/mol. The van der Waals surface area contributed by atoms with Crippen LogP contribution in [0.5, 0.6) is 11.5 Å². The maximum Gasteiger partial charge on any atom is 0.238 e. The first-order chi connectivity index (χ1) is 15.3. The van der Waals surface area contributed by atoms with E-state index in [1.165, 1.54) is 17.7 Å². The largest absolute Gasteiger partial charge is 0.493 e. The zero-order valence-electron chi connectivity index (χ0n) is 18.1. The van der Waals surface area contributed by atoms with Crippen LogP contribution in [0.15, 0.2) is 70.0 Å². The number of halogens is 1. The van der Waals surface area contributed by atoms with E-state index in [-0.39, 0.29) is 4.90 Å². The Morgan fingerprint density at radius 1 is 0.969 bits per heavy atom. The van der Waals surface area contributed by atoms with Gasteiger partial charge in [0.2, 0.25) is 10.0 Å². The first-order valence-electron chi connectivity index (χ1n) is 10.1. The van der Waals surface area contributed by atoms with Crippen molar-refractivity contribution in [1.82, 2.24) is 5.32 Å². The second-order valence-electron chi connectivity index (χ2n) is 7.45. The van der Waals surface area contributed by atoms with Gasteiger partial charge in [0.25, 0.3) is 0 Å². The topological polar surface area (TPSA) is 90.6 Å². The van der Waals surface area contributed by atoms with Gasteiger partial charge in [0.15, 0.2) is 11.5 Å². The fourth-order valence-corrected chi connectivity index (χ4v) is 4.17. The lowest BCUT2D eigenvalue weighted by atomic mass is 10.1. The standard InChI is InChI=1S/C24H27BrN2O4S/c1-17-3-5-19(6-4-17)16-31-24-21(22(25)11-12-23(24)30-2)15-27-14-13-18-7-9-20(10-8-18)32(26,28)29/h3-12,27H,13-16H2,1-2H3,(H2,26,28,29). The van der Waals surface area contributed by atoms with Crippen molar-refractivity contribution in [1.29, 1.82) is 0 Å². The second-order valence-corrected chi connectivity index (χ2v) is 9.86. The van der Waals surface area contributed by atoms with Crippen LogP contribution in [-0.2, 0) is 29.6 Å². The van der Waals surface area contributed by atoms with Gasteiger partial charge in [-0.15, -0.1) is 0 Å². The molecule has 170 valence electrons. The molecule has 0 radical (unpaired) electrons. The highest BCUT2D eigenvalue weighted by atomic mass is 79.9. The third kappa shape index (κ3) is 6.56. The normalized spacial score (nSPS) is 11.4. The number of benzene rings is 3. The highest BCUT2D eigenvalue weighted by Crippen LogP contribution is 2.36. The molecule has 3 aromatic carbocycles. The molecule has 0 atom stereocenters. The lowest BCUT2D eigenvalue weighted by molar-refractivity contribution is 0.280. The molecule has 0 aliphatic rings. The fourth-order valence-electron chi connectivity index (χ4n) is 3.20. The molecule has 0 aliphatic heterocycles. The smallest absolute Gasteiger partial charge is 0.238 e. The summed E-state index contributed by atoms with van der Waals surface area (Å²) < 4.78 is 35.4. The lowest BCUT2D eigenvalue weighted by Gasteiger charge is -2.17. The van der Waals surface area contributed by atoms with Crippen molar-refractivity contribution in [2.45, 2.75) is 31.4 Å². The van der Waals surface area contributed by atoms with E-state index in [4.69, 9.17) is 14.6 Å². The minimum Gasteiger partial charge on any atom is -0.493 e. The molecule has 3 N–H and O–H groups in total. The summed E-state index contributed by atoms with van der Waals surface area (Å²) in [6.45, 7) is 3.78. The number of rotatable bonds is 10. The number of primary sulfonamides is 1. The average molecular weight is 519 g/mol. The molecular formula is C24H27BrN2O4S. The first kappa shape index (κ1) is 24.3. The van der Waals surface area contributed by atoms with E-state index in [2.05, 4.69) is 52.4 Å². The summed E-state index contributed by atoms with van der Waals surface area (Å²) in [5.41, 5.74) is 4.28. The van der Waals surface area contributed by atoms with Crippen LogP contribution in [0.25, 0.3) is 0 Å². The molecule has 3 aromatic rings. The van der Waals surface area contributed by atoms with Crippen LogP contribution in [0.3, 0.4) is 0 Å². The Kier molecular flexibility index (Phi) is 8.31. The summed E-state index contributed by atoms with van der Waals surface area (Å²) >= 11 is 3.63. The highest BCUT2D eigenvalue weighted by molar-refractivity contribution is 9.10. The summed E-state index contributed by atoms with van der Waals surface area (Å²) in [6, 6.07) is 18.7. The number of aryl methyl sites for hydroxylation is 1. The molecule has 32 heavy (non-hydrogen) atoms. The number of hydrogen-bond acceptors (Lipinski definition) is 5. The quantitative estimate of drug-likeness (QED) is 0.390. The monoisotopic (exact) mass is 518 g/mol. The SMILES string of the molecule is COc1ccc(Br)c(CNCCc2ccc(S(N)(=O)=O)cc2)c1OCc1ccc(C)cc1. The van der Waals surface area contributed by atoms with Crippen LogP contribution >= 0.6 is 15.9 Å². The molecule has 0 spiro atoms. The number of sulfonamides is 1. The van der Waals surface area contributed by atoms with Gasteiger partial charge in [-0.05, 0) is 55.3 Å². The van der Waals surface area contributed by atoms with Gasteiger partial charge in [0.1, 0.15) is 6.61 Å². The van der Waals surface area contributed by atoms with E-state index in [1.54, 1.807) is 19.2 Å². The molecule has 0 unspecified atom stereocenters. The molecule has 6 nitrogen and oxygen atoms in total. The van der Waals surface area contributed by atoms with E-state index >= 15 is 0 Å². The third-order valence-corrected chi connectivity index (χ3v) is 6.71. The van der Waals surface area contributed by atoms with Gasteiger partial charge in [-0.25, -0.2) is 13.6 Å². The van der Waals surface area contributed by atoms with Gasteiger partial charge in [-0.1, -0.05) is 57.9 Å². The fraction of sp³-hybridized carbons (Fsp3) is 0.250. The van der Waals surface area contributed by atoms with Crippen molar-refractivity contribution < 1.29 is 17.9 Å². The van der Waals surface area contributed by atoms with E-state index < -0.39 is 10.0 Å². The third-order valence-electron chi connectivity index (χ3n) is 5.04. The average Bonchev–Trinajstić information content (AvgIpc) is 2.77. The summed E-state index contributed by atoms with van der Waals surface area (Å²) in [4.78, 5) is 0.116. The number of nitrogens with one attached hydrogen (secondary N) is 1. The Balaban J connectivity index is 1.64. The number of hydrogen-bond donors (Lipinski definition) is 2. The van der Waals surface area contributed by atoms with Crippen LogP contribution in [-0.4, -0.2) is 22.1 Å². The van der Waals surface area contributed by atoms with Crippen molar-refractivity contribution in [3.05, 3.63) is 87.4 Å². The molecule has 0 aromatic heterocycles. The molecule has 0 heterocycles. The number of nitrogens with two attached hydrogens (primary N) is 1. The minimum absolute atomic E-state index is 0.116. The van der Waals surface area contributed by atoms with Gasteiger partial charge in [0.05, 0.1) is 12.0 Å². The maximum atomic E-state index is 11.4. The number of ether oxygens (including phenoxy) is 2. The van der Waals surface area contributed by atoms with Gasteiger partial charge in [-0.2, -0.15) is 0 Å². The van der Waals surface area contributed by atoms with Crippen molar-refractivity contribution in [2.24, 2.45) is 5.14 Å². The van der Waals surface area contributed by atoms with Crippen molar-refractivity contribution in [3.8, 4) is 11.5 Å². The first-order valence-corrected chi connectivity index (χ1v) is 12.5. The predicted octanol–water partition coefficient (Wildman–Crippen LogP) is 4.32. The lowest BCUT2D eigenvalue weighted by Crippen LogP contribution is -2.18. The molecule has 0 amide bonds. The number of methoxy groups -OCH3 is 1. The Morgan fingerprint density at radius 3 is 2.25 bits per heavy atom. The van der Waals surface area contributed by atoms with Gasteiger partial charge in [-0.3, -0.25) is 0 Å². The Labute approximate surface area is 197 Å². The molecule has 0 aliphatic carbocycles.